The summed E-state index contributed by atoms with van der Waals surface area (Å²) in [4.78, 5) is 14.1. The summed E-state index contributed by atoms with van der Waals surface area (Å²) in [6.07, 6.45) is 2.70. The minimum atomic E-state index is -3.73. The standard InChI is InChI=1S/C21H24FN3O5S/c1-23-31(27,28)20-13-15(3-7-19(20)29-2)4-8-21(26)24-16-5-6-18(17(22)14-16)25-9-11-30-12-10-25/h3-8,13-14,23H,9-12H2,1-2H3,(H,24,26)/b8-4+. The molecule has 1 saturated heterocycles. The molecule has 1 heterocycles. The minimum Gasteiger partial charge on any atom is -0.495 e. The first kappa shape index (κ1) is 22.7. The average molecular weight is 450 g/mol. The van der Waals surface area contributed by atoms with Crippen molar-refractivity contribution in [2.75, 3.05) is 50.7 Å². The van der Waals surface area contributed by atoms with E-state index in [4.69, 9.17) is 9.47 Å². The number of ether oxygens (including phenoxy) is 2. The summed E-state index contributed by atoms with van der Waals surface area (Å²) in [6.45, 7) is 2.31. The van der Waals surface area contributed by atoms with Gasteiger partial charge in [-0.15, -0.1) is 0 Å². The number of nitrogens with one attached hydrogen (secondary N) is 2. The van der Waals surface area contributed by atoms with Gasteiger partial charge < -0.3 is 19.7 Å². The number of halogens is 1. The van der Waals surface area contributed by atoms with Crippen molar-refractivity contribution < 1.29 is 27.1 Å². The van der Waals surface area contributed by atoms with E-state index in [0.29, 0.717) is 43.2 Å². The molecule has 0 bridgehead atoms. The van der Waals surface area contributed by atoms with Crippen LogP contribution in [0.4, 0.5) is 15.8 Å². The summed E-state index contributed by atoms with van der Waals surface area (Å²) in [5.74, 6) is -0.722. The molecule has 10 heteroatoms. The van der Waals surface area contributed by atoms with Crippen molar-refractivity contribution in [1.82, 2.24) is 4.72 Å². The van der Waals surface area contributed by atoms with E-state index in [1.165, 1.54) is 44.5 Å². The van der Waals surface area contributed by atoms with E-state index in [1.54, 1.807) is 18.2 Å². The number of anilines is 2. The molecule has 0 aromatic heterocycles. The molecule has 2 aromatic rings. The third kappa shape index (κ3) is 5.60. The summed E-state index contributed by atoms with van der Waals surface area (Å²) >= 11 is 0. The molecule has 1 fully saturated rings. The predicted molar refractivity (Wildman–Crippen MR) is 116 cm³/mol. The molecule has 0 atom stereocenters. The lowest BCUT2D eigenvalue weighted by Gasteiger charge is -2.29. The number of rotatable bonds is 7. The van der Waals surface area contributed by atoms with Gasteiger partial charge in [0.25, 0.3) is 0 Å². The molecule has 31 heavy (non-hydrogen) atoms. The lowest BCUT2D eigenvalue weighted by atomic mass is 10.2. The fourth-order valence-electron chi connectivity index (χ4n) is 3.12. The van der Waals surface area contributed by atoms with Gasteiger partial charge in [0, 0.05) is 24.9 Å². The third-order valence-electron chi connectivity index (χ3n) is 4.74. The number of amides is 1. The van der Waals surface area contributed by atoms with Crippen molar-refractivity contribution in [3.63, 3.8) is 0 Å². The number of nitrogens with zero attached hydrogens (tertiary/aromatic N) is 1. The molecule has 0 radical (unpaired) electrons. The Balaban J connectivity index is 1.71. The molecule has 0 unspecified atom stereocenters. The molecule has 1 aliphatic rings. The highest BCUT2D eigenvalue weighted by molar-refractivity contribution is 7.89. The molecule has 2 N–H and O–H groups in total. The van der Waals surface area contributed by atoms with Gasteiger partial charge in [0.05, 0.1) is 26.0 Å². The monoisotopic (exact) mass is 449 g/mol. The number of hydrogen-bond acceptors (Lipinski definition) is 6. The van der Waals surface area contributed by atoms with Crippen LogP contribution in [-0.4, -0.2) is 54.8 Å². The molecule has 0 aliphatic carbocycles. The van der Waals surface area contributed by atoms with Gasteiger partial charge in [-0.3, -0.25) is 4.79 Å². The Morgan fingerprint density at radius 1 is 1.19 bits per heavy atom. The van der Waals surface area contributed by atoms with Gasteiger partial charge in [0.2, 0.25) is 15.9 Å². The summed E-state index contributed by atoms with van der Waals surface area (Å²) in [6, 6.07) is 9.03. The predicted octanol–water partition coefficient (Wildman–Crippen LogP) is 2.23. The quantitative estimate of drug-likeness (QED) is 0.630. The fraction of sp³-hybridized carbons (Fsp3) is 0.286. The number of methoxy groups -OCH3 is 1. The van der Waals surface area contributed by atoms with E-state index in [2.05, 4.69) is 10.0 Å². The molecule has 8 nitrogen and oxygen atoms in total. The molecule has 0 spiro atoms. The topological polar surface area (TPSA) is 97.0 Å². The molecule has 0 saturated carbocycles. The molecule has 166 valence electrons. The highest BCUT2D eigenvalue weighted by Crippen LogP contribution is 2.26. The maximum Gasteiger partial charge on any atom is 0.248 e. The first-order valence-corrected chi connectivity index (χ1v) is 11.1. The number of benzene rings is 2. The van der Waals surface area contributed by atoms with Crippen LogP contribution in [0.1, 0.15) is 5.56 Å². The third-order valence-corrected chi connectivity index (χ3v) is 6.18. The van der Waals surface area contributed by atoms with Crippen molar-refractivity contribution in [2.45, 2.75) is 4.90 Å². The van der Waals surface area contributed by atoms with Crippen molar-refractivity contribution in [3.05, 3.63) is 53.9 Å². The highest BCUT2D eigenvalue weighted by atomic mass is 32.2. The average Bonchev–Trinajstić information content (AvgIpc) is 2.78. The Bertz CT molecular complexity index is 1080. The first-order chi connectivity index (χ1) is 14.8. The van der Waals surface area contributed by atoms with Crippen LogP contribution in [0, 0.1) is 5.82 Å². The van der Waals surface area contributed by atoms with Gasteiger partial charge in [0.15, 0.2) is 0 Å². The van der Waals surface area contributed by atoms with Crippen molar-refractivity contribution in [1.29, 1.82) is 0 Å². The first-order valence-electron chi connectivity index (χ1n) is 9.57. The Kier molecular flexibility index (Phi) is 7.26. The molecule has 1 amide bonds. The largest absolute Gasteiger partial charge is 0.495 e. The second-order valence-corrected chi connectivity index (χ2v) is 8.56. The second-order valence-electron chi connectivity index (χ2n) is 6.71. The van der Waals surface area contributed by atoms with Gasteiger partial charge in [-0.1, -0.05) is 6.07 Å². The van der Waals surface area contributed by atoms with E-state index < -0.39 is 21.7 Å². The van der Waals surface area contributed by atoms with E-state index in [1.807, 2.05) is 4.90 Å². The van der Waals surface area contributed by atoms with Crippen LogP contribution < -0.4 is 19.7 Å². The number of carbonyl (C=O) groups is 1. The summed E-state index contributed by atoms with van der Waals surface area (Å²) in [7, 11) is -1.06. The molecular formula is C21H24FN3O5S. The Labute approximate surface area is 180 Å². The van der Waals surface area contributed by atoms with Crippen LogP contribution in [0.5, 0.6) is 5.75 Å². The molecule has 1 aliphatic heterocycles. The maximum absolute atomic E-state index is 14.5. The van der Waals surface area contributed by atoms with Crippen molar-refractivity contribution in [2.24, 2.45) is 0 Å². The summed E-state index contributed by atoms with van der Waals surface area (Å²) < 4.78 is 51.4. The minimum absolute atomic E-state index is 0.0409. The van der Waals surface area contributed by atoms with E-state index in [-0.39, 0.29) is 10.6 Å². The van der Waals surface area contributed by atoms with Crippen molar-refractivity contribution >= 4 is 33.4 Å². The number of carbonyl (C=O) groups excluding carboxylic acids is 1. The smallest absolute Gasteiger partial charge is 0.248 e. The van der Waals surface area contributed by atoms with Gasteiger partial charge in [-0.05, 0) is 49.0 Å². The summed E-state index contributed by atoms with van der Waals surface area (Å²) in [5.41, 5.74) is 1.27. The van der Waals surface area contributed by atoms with Crippen LogP contribution in [-0.2, 0) is 19.6 Å². The van der Waals surface area contributed by atoms with Crippen LogP contribution in [0.3, 0.4) is 0 Å². The van der Waals surface area contributed by atoms with Crippen LogP contribution in [0.25, 0.3) is 6.08 Å². The number of morpholine rings is 1. The SMILES string of the molecule is CNS(=O)(=O)c1cc(/C=C/C(=O)Nc2ccc(N3CCOCC3)c(F)c2)ccc1OC. The second kappa shape index (κ2) is 9.90. The van der Waals surface area contributed by atoms with Crippen LogP contribution >= 0.6 is 0 Å². The lowest BCUT2D eigenvalue weighted by Crippen LogP contribution is -2.36. The van der Waals surface area contributed by atoms with Crippen LogP contribution in [0.15, 0.2) is 47.4 Å². The van der Waals surface area contributed by atoms with E-state index in [0.717, 1.165) is 0 Å². The Hall–Kier alpha value is -2.95. The van der Waals surface area contributed by atoms with Crippen LogP contribution in [0.2, 0.25) is 0 Å². The zero-order chi connectivity index (χ0) is 22.4. The van der Waals surface area contributed by atoms with Gasteiger partial charge in [-0.2, -0.15) is 0 Å². The van der Waals surface area contributed by atoms with Crippen molar-refractivity contribution in [3.8, 4) is 5.75 Å². The number of sulfonamides is 1. The molecule has 3 rings (SSSR count). The Morgan fingerprint density at radius 3 is 2.58 bits per heavy atom. The number of hydrogen-bond donors (Lipinski definition) is 2. The van der Waals surface area contributed by atoms with E-state index >= 15 is 0 Å². The Morgan fingerprint density at radius 2 is 1.94 bits per heavy atom. The molecular weight excluding hydrogens is 425 g/mol. The van der Waals surface area contributed by atoms with Gasteiger partial charge in [0.1, 0.15) is 16.5 Å². The lowest BCUT2D eigenvalue weighted by molar-refractivity contribution is -0.111. The van der Waals surface area contributed by atoms with E-state index in [9.17, 15) is 17.6 Å². The summed E-state index contributed by atoms with van der Waals surface area (Å²) in [5, 5.41) is 2.60. The zero-order valence-corrected chi connectivity index (χ0v) is 18.0. The molecule has 2 aromatic carbocycles. The normalized spacial score (nSPS) is 14.6. The maximum atomic E-state index is 14.5. The van der Waals surface area contributed by atoms with Gasteiger partial charge in [-0.25, -0.2) is 17.5 Å². The highest BCUT2D eigenvalue weighted by Gasteiger charge is 2.18. The zero-order valence-electron chi connectivity index (χ0n) is 17.2. The van der Waals surface area contributed by atoms with Gasteiger partial charge >= 0.3 is 0 Å². The fourth-order valence-corrected chi connectivity index (χ4v) is 4.05.